The van der Waals surface area contributed by atoms with E-state index in [-0.39, 0.29) is 18.0 Å². The number of aromatic amines is 2. The minimum Gasteiger partial charge on any atom is -0.444 e. The number of amides is 2. The van der Waals surface area contributed by atoms with Crippen LogP contribution in [-0.4, -0.2) is 88.1 Å². The van der Waals surface area contributed by atoms with Crippen LogP contribution in [0.1, 0.15) is 37.6 Å². The summed E-state index contributed by atoms with van der Waals surface area (Å²) >= 11 is 0. The number of anilines is 1. The van der Waals surface area contributed by atoms with E-state index in [2.05, 4.69) is 37.5 Å². The Bertz CT molecular complexity index is 1530. The number of hydrogen-bond acceptors (Lipinski definition) is 7. The second-order valence-electron chi connectivity index (χ2n) is 11.1. The normalized spacial score (nSPS) is 18.2. The van der Waals surface area contributed by atoms with Crippen molar-refractivity contribution in [2.75, 3.05) is 44.3 Å². The van der Waals surface area contributed by atoms with Crippen molar-refractivity contribution in [1.29, 1.82) is 0 Å². The molecule has 0 spiro atoms. The van der Waals surface area contributed by atoms with E-state index >= 15 is 0 Å². The molecule has 2 aliphatic heterocycles. The van der Waals surface area contributed by atoms with Gasteiger partial charge in [-0.15, -0.1) is 0 Å². The summed E-state index contributed by atoms with van der Waals surface area (Å²) in [5.74, 6) is 0.441. The number of fused-ring (bicyclic) bond motifs is 2. The quantitative estimate of drug-likeness (QED) is 0.366. The van der Waals surface area contributed by atoms with Crippen molar-refractivity contribution < 1.29 is 19.1 Å². The second-order valence-corrected chi connectivity index (χ2v) is 11.1. The topological polar surface area (TPSA) is 128 Å². The van der Waals surface area contributed by atoms with Crippen molar-refractivity contribution in [3.05, 3.63) is 42.0 Å². The molecule has 2 amide bonds. The van der Waals surface area contributed by atoms with E-state index in [0.717, 1.165) is 53.9 Å². The van der Waals surface area contributed by atoms with Gasteiger partial charge in [0.1, 0.15) is 11.3 Å². The number of rotatable bonds is 4. The third-order valence-electron chi connectivity index (χ3n) is 7.07. The number of likely N-dealkylation sites (tertiary alicyclic amines) is 1. The maximum atomic E-state index is 13.1. The first-order valence-electron chi connectivity index (χ1n) is 13.3. The lowest BCUT2D eigenvalue weighted by atomic mass is 10.1. The summed E-state index contributed by atoms with van der Waals surface area (Å²) in [6.07, 6.45) is 0.321. The number of carbonyl (C=O) groups is 2. The molecule has 0 radical (unpaired) electrons. The Kier molecular flexibility index (Phi) is 6.38. The standard InChI is InChI=1S/C28H33N7O4/c1-28(2,3)39-27(37)35-9-8-18(16-35)29-26(36)17-4-6-21-20(14-17)24(33-32-21)25-30-22-7-5-19(15-23(22)31-25)34-10-12-38-13-11-34/h4-7,14-15,18H,8-13,16H2,1-3H3,(H,29,36)(H,30,31)(H,32,33)/t18-/m1/s1. The summed E-state index contributed by atoms with van der Waals surface area (Å²) in [4.78, 5) is 37.6. The number of ether oxygens (including phenoxy) is 2. The Morgan fingerprint density at radius 3 is 2.69 bits per heavy atom. The predicted molar refractivity (Wildman–Crippen MR) is 148 cm³/mol. The van der Waals surface area contributed by atoms with Crippen molar-refractivity contribution >= 4 is 39.6 Å². The van der Waals surface area contributed by atoms with Crippen LogP contribution in [0.25, 0.3) is 33.5 Å². The molecule has 4 aromatic rings. The van der Waals surface area contributed by atoms with E-state index in [1.54, 1.807) is 11.0 Å². The van der Waals surface area contributed by atoms with Crippen molar-refractivity contribution in [3.8, 4) is 11.5 Å². The molecule has 11 nitrogen and oxygen atoms in total. The summed E-state index contributed by atoms with van der Waals surface area (Å²) in [6, 6.07) is 11.5. The first kappa shape index (κ1) is 25.2. The highest BCUT2D eigenvalue weighted by Crippen LogP contribution is 2.29. The highest BCUT2D eigenvalue weighted by Gasteiger charge is 2.31. The fourth-order valence-electron chi connectivity index (χ4n) is 5.10. The van der Waals surface area contributed by atoms with Gasteiger partial charge in [0.05, 0.1) is 29.8 Å². The molecule has 39 heavy (non-hydrogen) atoms. The van der Waals surface area contributed by atoms with Gasteiger partial charge in [0.2, 0.25) is 0 Å². The first-order chi connectivity index (χ1) is 18.7. The number of benzene rings is 2. The molecule has 0 unspecified atom stereocenters. The summed E-state index contributed by atoms with van der Waals surface area (Å²) in [7, 11) is 0. The van der Waals surface area contributed by atoms with Gasteiger partial charge in [-0.1, -0.05) is 0 Å². The Morgan fingerprint density at radius 2 is 1.90 bits per heavy atom. The molecule has 2 aliphatic rings. The number of aromatic nitrogens is 4. The Balaban J connectivity index is 1.19. The van der Waals surface area contributed by atoms with Gasteiger partial charge in [-0.2, -0.15) is 5.10 Å². The zero-order valence-electron chi connectivity index (χ0n) is 22.4. The smallest absolute Gasteiger partial charge is 0.410 e. The van der Waals surface area contributed by atoms with Crippen LogP contribution < -0.4 is 10.2 Å². The van der Waals surface area contributed by atoms with E-state index in [1.165, 1.54) is 0 Å². The highest BCUT2D eigenvalue weighted by molar-refractivity contribution is 6.01. The maximum absolute atomic E-state index is 13.1. The van der Waals surface area contributed by atoms with Crippen LogP contribution in [0.2, 0.25) is 0 Å². The highest BCUT2D eigenvalue weighted by atomic mass is 16.6. The number of nitrogens with zero attached hydrogens (tertiary/aromatic N) is 4. The Labute approximate surface area is 225 Å². The van der Waals surface area contributed by atoms with E-state index < -0.39 is 5.60 Å². The monoisotopic (exact) mass is 531 g/mol. The average Bonchev–Trinajstić information content (AvgIpc) is 3.65. The zero-order valence-corrected chi connectivity index (χ0v) is 22.4. The summed E-state index contributed by atoms with van der Waals surface area (Å²) < 4.78 is 10.9. The van der Waals surface area contributed by atoms with E-state index in [1.807, 2.05) is 39.0 Å². The van der Waals surface area contributed by atoms with Crippen molar-refractivity contribution in [3.63, 3.8) is 0 Å². The zero-order chi connectivity index (χ0) is 27.1. The van der Waals surface area contributed by atoms with Gasteiger partial charge < -0.3 is 29.6 Å². The lowest BCUT2D eigenvalue weighted by Crippen LogP contribution is -2.40. The Morgan fingerprint density at radius 1 is 1.08 bits per heavy atom. The molecular weight excluding hydrogens is 498 g/mol. The SMILES string of the molecule is CC(C)(C)OC(=O)N1CC[C@@H](NC(=O)c2ccc3[nH]nc(-c4nc5ccc(N6CCOCC6)cc5[nH]4)c3c2)C1. The van der Waals surface area contributed by atoms with E-state index in [9.17, 15) is 9.59 Å². The molecule has 0 bridgehead atoms. The van der Waals surface area contributed by atoms with Gasteiger partial charge in [0.25, 0.3) is 5.91 Å². The molecule has 0 saturated carbocycles. The lowest BCUT2D eigenvalue weighted by molar-refractivity contribution is 0.0290. The molecule has 3 N–H and O–H groups in total. The van der Waals surface area contributed by atoms with Crippen molar-refractivity contribution in [1.82, 2.24) is 30.4 Å². The fraction of sp³-hybridized carbons (Fsp3) is 0.429. The molecule has 2 aromatic heterocycles. The summed E-state index contributed by atoms with van der Waals surface area (Å²) in [6.45, 7) is 9.67. The molecule has 204 valence electrons. The predicted octanol–water partition coefficient (Wildman–Crippen LogP) is 3.68. The molecule has 2 saturated heterocycles. The van der Waals surface area contributed by atoms with Crippen molar-refractivity contribution in [2.24, 2.45) is 0 Å². The maximum Gasteiger partial charge on any atom is 0.410 e. The van der Waals surface area contributed by atoms with Crippen molar-refractivity contribution in [2.45, 2.75) is 38.8 Å². The molecule has 4 heterocycles. The fourth-order valence-corrected chi connectivity index (χ4v) is 5.10. The lowest BCUT2D eigenvalue weighted by Gasteiger charge is -2.28. The third kappa shape index (κ3) is 5.26. The first-order valence-corrected chi connectivity index (χ1v) is 13.3. The van der Waals surface area contributed by atoms with Crippen LogP contribution >= 0.6 is 0 Å². The number of H-pyrrole nitrogens is 2. The van der Waals surface area contributed by atoms with E-state index in [0.29, 0.717) is 36.6 Å². The van der Waals surface area contributed by atoms with E-state index in [4.69, 9.17) is 14.5 Å². The second kappa shape index (κ2) is 9.88. The number of imidazole rings is 1. The molecule has 2 aromatic carbocycles. The van der Waals surface area contributed by atoms with Crippen LogP contribution in [0.5, 0.6) is 0 Å². The van der Waals surface area contributed by atoms with Gasteiger partial charge in [-0.05, 0) is 63.6 Å². The van der Waals surface area contributed by atoms with Gasteiger partial charge in [-0.25, -0.2) is 9.78 Å². The van der Waals surface area contributed by atoms with Crippen LogP contribution in [0.3, 0.4) is 0 Å². The number of nitrogens with one attached hydrogen (secondary N) is 3. The largest absolute Gasteiger partial charge is 0.444 e. The number of morpholine rings is 1. The molecule has 0 aliphatic carbocycles. The van der Waals surface area contributed by atoms with Gasteiger partial charge in [-0.3, -0.25) is 9.89 Å². The van der Waals surface area contributed by atoms with Gasteiger partial charge in [0.15, 0.2) is 5.82 Å². The molecule has 2 fully saturated rings. The molecule has 11 heteroatoms. The van der Waals surface area contributed by atoms with Gasteiger partial charge >= 0.3 is 6.09 Å². The minimum absolute atomic E-state index is 0.138. The minimum atomic E-state index is -0.555. The Hall–Kier alpha value is -4.12. The van der Waals surface area contributed by atoms with Crippen LogP contribution in [-0.2, 0) is 9.47 Å². The van der Waals surface area contributed by atoms with Crippen LogP contribution in [0.4, 0.5) is 10.5 Å². The number of hydrogen-bond donors (Lipinski definition) is 3. The van der Waals surface area contributed by atoms with Crippen LogP contribution in [0, 0.1) is 0 Å². The third-order valence-corrected chi connectivity index (χ3v) is 7.07. The average molecular weight is 532 g/mol. The molecule has 1 atom stereocenters. The number of carbonyl (C=O) groups excluding carboxylic acids is 2. The van der Waals surface area contributed by atoms with Gasteiger partial charge in [0, 0.05) is 48.9 Å². The molecule has 6 rings (SSSR count). The van der Waals surface area contributed by atoms with Crippen LogP contribution in [0.15, 0.2) is 36.4 Å². The summed E-state index contributed by atoms with van der Waals surface area (Å²) in [5, 5.41) is 11.4. The molecular formula is C28H33N7O4. The summed E-state index contributed by atoms with van der Waals surface area (Å²) in [5.41, 5.74) is 4.34.